The number of halogens is 2. The monoisotopic (exact) mass is 379 g/mol. The Morgan fingerprint density at radius 1 is 1.53 bits per heavy atom. The van der Waals surface area contributed by atoms with Gasteiger partial charge in [-0.15, -0.1) is 11.3 Å². The number of carbonyl (C=O) groups excluding carboxylic acids is 2. The van der Waals surface area contributed by atoms with E-state index in [1.807, 2.05) is 13.0 Å². The summed E-state index contributed by atoms with van der Waals surface area (Å²) in [7, 11) is 0. The molecule has 3 nitrogen and oxygen atoms in total. The SMILES string of the molecule is CC1CN(C(=O)c2cc(Br)c(Br)s2)CCC1=O. The molecule has 1 fully saturated rings. The molecule has 2 rings (SSSR count). The van der Waals surface area contributed by atoms with Crippen LogP contribution in [0.3, 0.4) is 0 Å². The number of nitrogens with zero attached hydrogens (tertiary/aromatic N) is 1. The van der Waals surface area contributed by atoms with Gasteiger partial charge in [-0.25, -0.2) is 0 Å². The molecule has 1 aromatic rings. The first-order valence-electron chi connectivity index (χ1n) is 5.26. The maximum absolute atomic E-state index is 12.2. The first kappa shape index (κ1) is 13.2. The highest BCUT2D eigenvalue weighted by atomic mass is 79.9. The fourth-order valence-corrected chi connectivity index (χ4v) is 3.81. The third kappa shape index (κ3) is 2.80. The molecule has 17 heavy (non-hydrogen) atoms. The van der Waals surface area contributed by atoms with Crippen molar-refractivity contribution in [3.63, 3.8) is 0 Å². The van der Waals surface area contributed by atoms with Crippen molar-refractivity contribution in [2.24, 2.45) is 5.92 Å². The van der Waals surface area contributed by atoms with Crippen LogP contribution in [-0.2, 0) is 4.79 Å². The van der Waals surface area contributed by atoms with Crippen molar-refractivity contribution in [2.75, 3.05) is 13.1 Å². The van der Waals surface area contributed by atoms with E-state index in [2.05, 4.69) is 31.9 Å². The van der Waals surface area contributed by atoms with Crippen molar-refractivity contribution in [2.45, 2.75) is 13.3 Å². The summed E-state index contributed by atoms with van der Waals surface area (Å²) in [4.78, 5) is 26.1. The van der Waals surface area contributed by atoms with Crippen molar-refractivity contribution >= 4 is 54.9 Å². The number of thiophene rings is 1. The number of piperidine rings is 1. The molecule has 2 heterocycles. The molecule has 1 aliphatic rings. The van der Waals surface area contributed by atoms with Crippen LogP contribution < -0.4 is 0 Å². The third-order valence-electron chi connectivity index (χ3n) is 2.82. The van der Waals surface area contributed by atoms with Crippen LogP contribution in [0.4, 0.5) is 0 Å². The zero-order valence-electron chi connectivity index (χ0n) is 9.20. The molecule has 1 aromatic heterocycles. The fourth-order valence-electron chi connectivity index (χ4n) is 1.81. The number of ketones is 1. The molecule has 1 aliphatic heterocycles. The topological polar surface area (TPSA) is 37.4 Å². The number of amides is 1. The van der Waals surface area contributed by atoms with E-state index in [4.69, 9.17) is 0 Å². The second-order valence-electron chi connectivity index (χ2n) is 4.10. The molecule has 1 unspecified atom stereocenters. The zero-order valence-corrected chi connectivity index (χ0v) is 13.2. The van der Waals surface area contributed by atoms with Gasteiger partial charge in [0.1, 0.15) is 5.78 Å². The number of hydrogen-bond acceptors (Lipinski definition) is 3. The van der Waals surface area contributed by atoms with Crippen LogP contribution >= 0.6 is 43.2 Å². The van der Waals surface area contributed by atoms with E-state index in [0.717, 1.165) is 8.26 Å². The largest absolute Gasteiger partial charge is 0.337 e. The second kappa shape index (κ2) is 5.20. The van der Waals surface area contributed by atoms with Crippen LogP contribution in [0.25, 0.3) is 0 Å². The van der Waals surface area contributed by atoms with Crippen molar-refractivity contribution in [3.05, 3.63) is 19.2 Å². The molecule has 1 atom stereocenters. The Morgan fingerprint density at radius 2 is 2.24 bits per heavy atom. The van der Waals surface area contributed by atoms with Crippen LogP contribution in [0.15, 0.2) is 14.3 Å². The molecular formula is C11H11Br2NO2S. The van der Waals surface area contributed by atoms with E-state index in [0.29, 0.717) is 24.4 Å². The lowest BCUT2D eigenvalue weighted by Gasteiger charge is -2.29. The fraction of sp³-hybridized carbons (Fsp3) is 0.455. The first-order chi connectivity index (χ1) is 7.99. The molecule has 1 saturated heterocycles. The van der Waals surface area contributed by atoms with Gasteiger partial charge in [0, 0.05) is 29.9 Å². The lowest BCUT2D eigenvalue weighted by molar-refractivity contribution is -0.124. The van der Waals surface area contributed by atoms with Crippen LogP contribution in [0.5, 0.6) is 0 Å². The third-order valence-corrected chi connectivity index (χ3v) is 6.06. The van der Waals surface area contributed by atoms with Gasteiger partial charge in [-0.1, -0.05) is 6.92 Å². The summed E-state index contributed by atoms with van der Waals surface area (Å²) in [5.41, 5.74) is 0. The molecule has 0 saturated carbocycles. The van der Waals surface area contributed by atoms with E-state index < -0.39 is 0 Å². The quantitative estimate of drug-likeness (QED) is 0.749. The van der Waals surface area contributed by atoms with E-state index in [9.17, 15) is 9.59 Å². The Hall–Kier alpha value is -0.200. The molecule has 92 valence electrons. The van der Waals surface area contributed by atoms with Gasteiger partial charge in [-0.3, -0.25) is 9.59 Å². The van der Waals surface area contributed by atoms with Gasteiger partial charge in [-0.05, 0) is 37.9 Å². The number of likely N-dealkylation sites (tertiary alicyclic amines) is 1. The van der Waals surface area contributed by atoms with Crippen LogP contribution in [0, 0.1) is 5.92 Å². The predicted octanol–water partition coefficient (Wildman–Crippen LogP) is 3.32. The summed E-state index contributed by atoms with van der Waals surface area (Å²) < 4.78 is 1.81. The van der Waals surface area contributed by atoms with Gasteiger partial charge in [0.15, 0.2) is 0 Å². The summed E-state index contributed by atoms with van der Waals surface area (Å²) in [6.45, 7) is 2.95. The summed E-state index contributed by atoms with van der Waals surface area (Å²) in [6.07, 6.45) is 0.473. The highest BCUT2D eigenvalue weighted by Crippen LogP contribution is 2.33. The van der Waals surface area contributed by atoms with Crippen molar-refractivity contribution < 1.29 is 9.59 Å². The van der Waals surface area contributed by atoms with E-state index in [1.54, 1.807) is 4.90 Å². The molecule has 0 radical (unpaired) electrons. The number of rotatable bonds is 1. The minimum absolute atomic E-state index is 0.0146. The van der Waals surface area contributed by atoms with Crippen molar-refractivity contribution in [3.8, 4) is 0 Å². The van der Waals surface area contributed by atoms with Gasteiger partial charge >= 0.3 is 0 Å². The molecule has 0 spiro atoms. The van der Waals surface area contributed by atoms with Gasteiger partial charge in [-0.2, -0.15) is 0 Å². The molecule has 6 heteroatoms. The maximum Gasteiger partial charge on any atom is 0.264 e. The number of carbonyl (C=O) groups is 2. The summed E-state index contributed by atoms with van der Waals surface area (Å²) in [5, 5.41) is 0. The average molecular weight is 381 g/mol. The molecule has 0 bridgehead atoms. The second-order valence-corrected chi connectivity index (χ2v) is 7.33. The highest BCUT2D eigenvalue weighted by Gasteiger charge is 2.28. The highest BCUT2D eigenvalue weighted by molar-refractivity contribution is 9.13. The van der Waals surface area contributed by atoms with Gasteiger partial charge in [0.25, 0.3) is 5.91 Å². The van der Waals surface area contributed by atoms with E-state index >= 15 is 0 Å². The van der Waals surface area contributed by atoms with E-state index in [-0.39, 0.29) is 17.6 Å². The lowest BCUT2D eigenvalue weighted by atomic mass is 9.98. The minimum atomic E-state index is -0.0421. The molecule has 0 aliphatic carbocycles. The smallest absolute Gasteiger partial charge is 0.264 e. The van der Waals surface area contributed by atoms with Gasteiger partial charge in [0.2, 0.25) is 0 Å². The molecular weight excluding hydrogens is 370 g/mol. The molecule has 0 aromatic carbocycles. The Balaban J connectivity index is 2.13. The predicted molar refractivity (Wildman–Crippen MR) is 74.4 cm³/mol. The van der Waals surface area contributed by atoms with Crippen molar-refractivity contribution in [1.29, 1.82) is 0 Å². The summed E-state index contributed by atoms with van der Waals surface area (Å²) in [6, 6.07) is 1.82. The maximum atomic E-state index is 12.2. The van der Waals surface area contributed by atoms with Crippen LogP contribution in [-0.4, -0.2) is 29.7 Å². The molecule has 0 N–H and O–H groups in total. The van der Waals surface area contributed by atoms with Crippen molar-refractivity contribution in [1.82, 2.24) is 4.90 Å². The number of hydrogen-bond donors (Lipinski definition) is 0. The lowest BCUT2D eigenvalue weighted by Crippen LogP contribution is -2.42. The Bertz CT molecular complexity index is 453. The minimum Gasteiger partial charge on any atom is -0.337 e. The molecule has 1 amide bonds. The normalized spacial score (nSPS) is 20.8. The number of Topliss-reactive ketones (excluding diaryl/α,β-unsaturated/α-hetero) is 1. The zero-order chi connectivity index (χ0) is 12.6. The van der Waals surface area contributed by atoms with Gasteiger partial charge < -0.3 is 4.90 Å². The Kier molecular flexibility index (Phi) is 4.05. The van der Waals surface area contributed by atoms with Crippen LogP contribution in [0.1, 0.15) is 23.0 Å². The standard InChI is InChI=1S/C11H11Br2NO2S/c1-6-5-14(3-2-8(6)15)11(16)9-4-7(12)10(13)17-9/h4,6H,2-3,5H2,1H3. The summed E-state index contributed by atoms with van der Waals surface area (Å²) >= 11 is 8.16. The average Bonchev–Trinajstić information content (AvgIpc) is 2.62. The summed E-state index contributed by atoms with van der Waals surface area (Å²) in [5.74, 6) is 0.225. The van der Waals surface area contributed by atoms with E-state index in [1.165, 1.54) is 11.3 Å². The first-order valence-corrected chi connectivity index (χ1v) is 7.66. The Labute approximate surface area is 120 Å². The Morgan fingerprint density at radius 3 is 2.76 bits per heavy atom. The van der Waals surface area contributed by atoms with Crippen LogP contribution in [0.2, 0.25) is 0 Å². The van der Waals surface area contributed by atoms with Gasteiger partial charge in [0.05, 0.1) is 8.66 Å².